The van der Waals surface area contributed by atoms with Crippen LogP contribution < -0.4 is 21.3 Å². The molecule has 0 unspecified atom stereocenters. The summed E-state index contributed by atoms with van der Waals surface area (Å²) in [7, 11) is 1.63. The van der Waals surface area contributed by atoms with Crippen LogP contribution in [0.3, 0.4) is 0 Å². The molecule has 2 aromatic rings. The highest BCUT2D eigenvalue weighted by Crippen LogP contribution is 2.16. The summed E-state index contributed by atoms with van der Waals surface area (Å²) >= 11 is 3.28. The molecule has 4 N–H and O–H groups in total. The zero-order valence-corrected chi connectivity index (χ0v) is 16.6. The van der Waals surface area contributed by atoms with E-state index < -0.39 is 0 Å². The number of ether oxygens (including phenoxy) is 1. The van der Waals surface area contributed by atoms with E-state index in [0.29, 0.717) is 29.6 Å². The molecule has 3 rings (SSSR count). The second kappa shape index (κ2) is 9.56. The number of aromatic nitrogens is 2. The second-order valence-corrected chi connectivity index (χ2v) is 7.83. The number of hydrogen-bond acceptors (Lipinski definition) is 9. The van der Waals surface area contributed by atoms with Gasteiger partial charge in [-0.05, 0) is 17.7 Å². The Labute approximate surface area is 166 Å². The van der Waals surface area contributed by atoms with Crippen molar-refractivity contribution in [1.29, 1.82) is 0 Å². The predicted octanol–water partition coefficient (Wildman–Crippen LogP) is 1.71. The Hall–Kier alpha value is -2.33. The number of benzene rings is 1. The molecule has 0 spiro atoms. The van der Waals surface area contributed by atoms with E-state index in [1.807, 2.05) is 29.3 Å². The minimum Gasteiger partial charge on any atom is -0.497 e. The van der Waals surface area contributed by atoms with Gasteiger partial charge in [0.25, 0.3) is 5.56 Å². The average Bonchev–Trinajstić information content (AvgIpc) is 3.09. The van der Waals surface area contributed by atoms with Gasteiger partial charge in [0.15, 0.2) is 5.17 Å². The molecule has 0 bridgehead atoms. The first-order valence-electron chi connectivity index (χ1n) is 8.38. The molecule has 2 heterocycles. The lowest BCUT2D eigenvalue weighted by Crippen LogP contribution is -2.18. The average molecular weight is 407 g/mol. The molecule has 27 heavy (non-hydrogen) atoms. The Bertz CT molecular complexity index is 840. The van der Waals surface area contributed by atoms with Gasteiger partial charge in [-0.1, -0.05) is 23.9 Å². The Morgan fingerprint density at radius 2 is 2.22 bits per heavy atom. The molecule has 1 aliphatic heterocycles. The van der Waals surface area contributed by atoms with Crippen LogP contribution in [-0.4, -0.2) is 51.3 Å². The van der Waals surface area contributed by atoms with Crippen LogP contribution in [0.25, 0.3) is 0 Å². The van der Waals surface area contributed by atoms with Crippen LogP contribution in [0.5, 0.6) is 5.75 Å². The Kier molecular flexibility index (Phi) is 6.88. The molecule has 144 valence electrons. The van der Waals surface area contributed by atoms with Crippen molar-refractivity contribution in [1.82, 2.24) is 15.0 Å². The van der Waals surface area contributed by atoms with Gasteiger partial charge < -0.3 is 15.8 Å². The third-order valence-corrected chi connectivity index (χ3v) is 5.59. The molecule has 0 aliphatic carbocycles. The largest absolute Gasteiger partial charge is 0.497 e. The molecule has 10 heteroatoms. The van der Waals surface area contributed by atoms with Gasteiger partial charge in [-0.15, -0.1) is 11.8 Å². The summed E-state index contributed by atoms with van der Waals surface area (Å²) in [5.74, 6) is 3.74. The molecule has 0 saturated heterocycles. The van der Waals surface area contributed by atoms with Gasteiger partial charge in [0.05, 0.1) is 18.9 Å². The van der Waals surface area contributed by atoms with Gasteiger partial charge in [-0.25, -0.2) is 4.98 Å². The molecule has 1 aromatic carbocycles. The first-order chi connectivity index (χ1) is 13.1. The van der Waals surface area contributed by atoms with Crippen LogP contribution in [0.15, 0.2) is 40.4 Å². The molecular weight excluding hydrogens is 384 g/mol. The third kappa shape index (κ3) is 5.83. The lowest BCUT2D eigenvalue weighted by molar-refractivity contribution is 0.411. The van der Waals surface area contributed by atoms with Crippen LogP contribution >= 0.6 is 23.5 Å². The minimum atomic E-state index is -0.130. The monoisotopic (exact) mass is 406 g/mol. The fraction of sp³-hybridized carbons (Fsp3) is 0.353. The van der Waals surface area contributed by atoms with E-state index >= 15 is 0 Å². The van der Waals surface area contributed by atoms with Gasteiger partial charge in [0, 0.05) is 30.5 Å². The third-order valence-electron chi connectivity index (χ3n) is 3.81. The molecule has 0 amide bonds. The fourth-order valence-corrected chi connectivity index (χ4v) is 3.87. The zero-order valence-electron chi connectivity index (χ0n) is 15.0. The maximum atomic E-state index is 12.3. The van der Waals surface area contributed by atoms with Crippen LogP contribution in [0.4, 0.5) is 5.95 Å². The number of nitrogens with one attached hydrogen (secondary N) is 2. The number of aromatic amines is 1. The normalized spacial score (nSPS) is 13.5. The maximum Gasteiger partial charge on any atom is 0.255 e. The van der Waals surface area contributed by atoms with Crippen LogP contribution in [0.1, 0.15) is 11.1 Å². The number of hydrazone groups is 1. The Balaban J connectivity index is 1.44. The molecule has 8 nitrogen and oxygen atoms in total. The van der Waals surface area contributed by atoms with E-state index in [1.165, 1.54) is 11.8 Å². The fourth-order valence-electron chi connectivity index (χ4n) is 2.42. The van der Waals surface area contributed by atoms with Gasteiger partial charge >= 0.3 is 0 Å². The van der Waals surface area contributed by atoms with Crippen molar-refractivity contribution in [2.75, 3.05) is 36.5 Å². The van der Waals surface area contributed by atoms with Crippen molar-refractivity contribution < 1.29 is 4.74 Å². The number of nitrogens with zero attached hydrogens (tertiary/aromatic N) is 3. The number of methoxy groups -OCH3 is 1. The number of anilines is 1. The summed E-state index contributed by atoms with van der Waals surface area (Å²) in [4.78, 5) is 19.4. The quantitative estimate of drug-likeness (QED) is 0.540. The Morgan fingerprint density at radius 1 is 1.41 bits per heavy atom. The highest BCUT2D eigenvalue weighted by atomic mass is 32.2. The first-order valence-corrected chi connectivity index (χ1v) is 10.5. The van der Waals surface area contributed by atoms with Crippen molar-refractivity contribution in [3.05, 3.63) is 51.9 Å². The van der Waals surface area contributed by atoms with E-state index in [2.05, 4.69) is 20.4 Å². The number of amidine groups is 1. The summed E-state index contributed by atoms with van der Waals surface area (Å²) in [6.45, 7) is 0.700. The van der Waals surface area contributed by atoms with E-state index in [9.17, 15) is 4.79 Å². The van der Waals surface area contributed by atoms with Gasteiger partial charge in [0.2, 0.25) is 5.95 Å². The maximum absolute atomic E-state index is 12.3. The number of nitrogens with two attached hydrogens (primary N) is 1. The molecule has 0 atom stereocenters. The summed E-state index contributed by atoms with van der Waals surface area (Å²) in [5.41, 5.74) is 7.15. The van der Waals surface area contributed by atoms with Crippen molar-refractivity contribution >= 4 is 34.6 Å². The second-order valence-electron chi connectivity index (χ2n) is 5.79. The van der Waals surface area contributed by atoms with E-state index in [-0.39, 0.29) is 5.56 Å². The highest BCUT2D eigenvalue weighted by Gasteiger charge is 2.11. The van der Waals surface area contributed by atoms with Gasteiger partial charge in [-0.2, -0.15) is 5.10 Å². The predicted molar refractivity (Wildman–Crippen MR) is 112 cm³/mol. The molecule has 1 aliphatic rings. The first kappa shape index (κ1) is 19.4. The van der Waals surface area contributed by atoms with E-state index in [4.69, 9.17) is 10.5 Å². The smallest absolute Gasteiger partial charge is 0.255 e. The lowest BCUT2D eigenvalue weighted by Gasteiger charge is -2.11. The summed E-state index contributed by atoms with van der Waals surface area (Å²) in [6, 6.07) is 7.65. The van der Waals surface area contributed by atoms with Crippen molar-refractivity contribution in [3.8, 4) is 5.75 Å². The van der Waals surface area contributed by atoms with Crippen LogP contribution in [-0.2, 0) is 6.42 Å². The summed E-state index contributed by atoms with van der Waals surface area (Å²) in [5, 5.41) is 9.88. The molecule has 0 saturated carbocycles. The number of rotatable bonds is 9. The molecular formula is C17H22N6O2S2. The van der Waals surface area contributed by atoms with Crippen molar-refractivity contribution in [2.24, 2.45) is 10.8 Å². The number of thioether (sulfide) groups is 2. The number of H-pyrrole nitrogens is 1. The SMILES string of the molecule is COc1ccc(Cc2cnc(NCCSCN3CSC(N)=N3)[nH]c2=O)cc1. The number of hydrogen-bond donors (Lipinski definition) is 3. The topological polar surface area (TPSA) is 109 Å². The van der Waals surface area contributed by atoms with Crippen molar-refractivity contribution in [2.45, 2.75) is 6.42 Å². The molecule has 1 aromatic heterocycles. The van der Waals surface area contributed by atoms with Crippen LogP contribution in [0, 0.1) is 0 Å². The zero-order chi connectivity index (χ0) is 19.1. The van der Waals surface area contributed by atoms with Gasteiger partial charge in [0.1, 0.15) is 5.75 Å². The van der Waals surface area contributed by atoms with E-state index in [0.717, 1.165) is 28.8 Å². The van der Waals surface area contributed by atoms with Crippen LogP contribution in [0.2, 0.25) is 0 Å². The summed E-state index contributed by atoms with van der Waals surface area (Å²) in [6.07, 6.45) is 2.15. The minimum absolute atomic E-state index is 0.130. The molecule has 0 fully saturated rings. The van der Waals surface area contributed by atoms with E-state index in [1.54, 1.807) is 25.1 Å². The van der Waals surface area contributed by atoms with Gasteiger partial charge in [-0.3, -0.25) is 14.8 Å². The highest BCUT2D eigenvalue weighted by molar-refractivity contribution is 8.14. The van der Waals surface area contributed by atoms with Crippen molar-refractivity contribution in [3.63, 3.8) is 0 Å². The molecule has 0 radical (unpaired) electrons. The Morgan fingerprint density at radius 3 is 2.89 bits per heavy atom. The standard InChI is InChI=1S/C17H22N6O2S2/c1-25-14-4-2-12(3-5-14)8-13-9-20-17(21-15(13)24)19-6-7-26-10-23-11-27-16(18)22-23/h2-5,9H,6-8,10-11H2,1H3,(H2,18,22)(H2,19,20,21,24). The lowest BCUT2D eigenvalue weighted by atomic mass is 10.1. The summed E-state index contributed by atoms with van der Waals surface area (Å²) < 4.78 is 5.14.